The molecule has 0 amide bonds. The molecule has 0 fully saturated rings. The minimum Gasteiger partial charge on any atom is -0.551 e. The molecule has 5 heteroatoms. The van der Waals surface area contributed by atoms with Crippen molar-refractivity contribution in [2.75, 3.05) is 6.61 Å². The van der Waals surface area contributed by atoms with Gasteiger partial charge < -0.3 is 28.3 Å². The molecule has 0 radical (unpaired) electrons. The average molecular weight is 894 g/mol. The summed E-state index contributed by atoms with van der Waals surface area (Å²) in [5.74, 6) is 1.55. The van der Waals surface area contributed by atoms with Gasteiger partial charge >= 0.3 is 42.1 Å². The van der Waals surface area contributed by atoms with Crippen LogP contribution >= 0.6 is 0 Å². The third-order valence-electron chi connectivity index (χ3n) is 3.28. The van der Waals surface area contributed by atoms with Gasteiger partial charge in [-0.25, -0.2) is 0 Å². The van der Waals surface area contributed by atoms with Gasteiger partial charge in [0.25, 0.3) is 0 Å². The van der Waals surface area contributed by atoms with Crippen molar-refractivity contribution < 1.29 is 72.7 Å². The molecule has 0 aliphatic rings. The Morgan fingerprint density at radius 2 is 1.75 bits per heavy atom. The van der Waals surface area contributed by atoms with Gasteiger partial charge in [-0.3, -0.25) is 6.29 Å². The maximum atomic E-state index is 9.50. The molecule has 1 aromatic carbocycles. The number of hydrogen-bond donors (Lipinski definition) is 0. The van der Waals surface area contributed by atoms with Crippen molar-refractivity contribution in [1.82, 2.24) is 0 Å². The number of hydrogen-bond acceptors (Lipinski definition) is 2. The second kappa shape index (κ2) is 29.4. The molecule has 0 saturated heterocycles. The van der Waals surface area contributed by atoms with E-state index in [0.717, 1.165) is 17.7 Å². The Labute approximate surface area is 217 Å². The van der Waals surface area contributed by atoms with Crippen molar-refractivity contribution in [3.63, 3.8) is 0 Å². The monoisotopic (exact) mass is 894 g/mol. The van der Waals surface area contributed by atoms with Gasteiger partial charge in [-0.1, -0.05) is 24.6 Å². The van der Waals surface area contributed by atoms with Gasteiger partial charge in [0.05, 0.1) is 6.61 Å². The molecule has 1 aromatic rings. The summed E-state index contributed by atoms with van der Waals surface area (Å²) in [6, 6.07) is 5.99. The zero-order chi connectivity index (χ0) is 19.5. The van der Waals surface area contributed by atoms with Crippen LogP contribution in [0.2, 0.25) is 0 Å². The number of ether oxygens (including phenoxy) is 1. The first-order chi connectivity index (χ1) is 12.0. The quantitative estimate of drug-likeness (QED) is 0.228. The first kappa shape index (κ1) is 38.8. The van der Waals surface area contributed by atoms with Crippen molar-refractivity contribution >= 4 is 6.29 Å². The molecule has 0 bridgehead atoms. The van der Waals surface area contributed by atoms with E-state index in [-0.39, 0.29) is 63.2 Å². The summed E-state index contributed by atoms with van der Waals surface area (Å²) in [5, 5.41) is 0. The normalized spacial score (nSPS) is 8.68. The maximum absolute atomic E-state index is 9.50. The van der Waals surface area contributed by atoms with Crippen molar-refractivity contribution in [2.24, 2.45) is 5.92 Å². The molecular weight excluding hydrogens is 860 g/mol. The van der Waals surface area contributed by atoms with Gasteiger partial charge in [-0.2, -0.15) is 38.1 Å². The summed E-state index contributed by atoms with van der Waals surface area (Å²) in [7, 11) is 0. The zero-order valence-electron chi connectivity index (χ0n) is 18.0. The molecule has 0 aliphatic heterocycles. The Morgan fingerprint density at radius 3 is 2.11 bits per heavy atom. The van der Waals surface area contributed by atoms with Crippen LogP contribution < -0.4 is 4.74 Å². The fourth-order valence-electron chi connectivity index (χ4n) is 1.54. The summed E-state index contributed by atoms with van der Waals surface area (Å²) >= 11 is 0. The summed E-state index contributed by atoms with van der Waals surface area (Å²) < 4.78 is 5.41. The number of allylic oxidation sites excluding steroid dienone is 2. The van der Waals surface area contributed by atoms with E-state index in [1.54, 1.807) is 6.29 Å². The Bertz CT molecular complexity index is 485. The number of aryl methyl sites for hydroxylation is 1. The molecule has 156 valence electrons. The predicted octanol–water partition coefficient (Wildman–Crippen LogP) is 6.25. The van der Waals surface area contributed by atoms with Crippen LogP contribution in [0, 0.1) is 31.8 Å². The third kappa shape index (κ3) is 24.3. The third-order valence-corrected chi connectivity index (χ3v) is 3.28. The fraction of sp³-hybridized carbons (Fsp3) is 0.435. The molecule has 0 saturated carbocycles. The Balaban J connectivity index is -0.0000000968. The number of benzene rings is 1. The van der Waals surface area contributed by atoms with Crippen LogP contribution in [0.1, 0.15) is 58.6 Å². The summed E-state index contributed by atoms with van der Waals surface area (Å²) in [4.78, 5) is 9.50. The van der Waals surface area contributed by atoms with E-state index in [4.69, 9.17) is 4.74 Å². The van der Waals surface area contributed by atoms with E-state index in [0.29, 0.717) is 18.9 Å². The minimum absolute atomic E-state index is 0. The molecule has 28 heavy (non-hydrogen) atoms. The van der Waals surface area contributed by atoms with Crippen LogP contribution in [-0.4, -0.2) is 12.9 Å². The van der Waals surface area contributed by atoms with E-state index < -0.39 is 0 Å². The van der Waals surface area contributed by atoms with Crippen molar-refractivity contribution in [2.45, 2.75) is 54.4 Å². The molecule has 0 aromatic heterocycles. The fourth-order valence-corrected chi connectivity index (χ4v) is 1.54. The smallest absolute Gasteiger partial charge is 0.551 e. The van der Waals surface area contributed by atoms with E-state index >= 15 is 0 Å². The van der Waals surface area contributed by atoms with Gasteiger partial charge in [0.1, 0.15) is 0 Å². The van der Waals surface area contributed by atoms with Gasteiger partial charge in [-0.05, 0) is 20.3 Å². The molecule has 0 spiro atoms. The zero-order valence-corrected chi connectivity index (χ0v) is 26.8. The summed E-state index contributed by atoms with van der Waals surface area (Å²) in [5.41, 5.74) is 2.12. The van der Waals surface area contributed by atoms with E-state index in [2.05, 4.69) is 46.3 Å². The maximum Gasteiger partial charge on any atom is 2.00 e. The summed E-state index contributed by atoms with van der Waals surface area (Å²) in [6.07, 6.45) is 14.1. The van der Waals surface area contributed by atoms with E-state index in [1.807, 2.05) is 51.1 Å². The Kier molecular flexibility index (Phi) is 40.8. The molecule has 1 rings (SSSR count). The van der Waals surface area contributed by atoms with Gasteiger partial charge in [-0.15, -0.1) is 25.5 Å². The topological polar surface area (TPSA) is 26.3 Å². The molecule has 2 nitrogen and oxygen atoms in total. The molecule has 0 atom stereocenters. The second-order valence-electron chi connectivity index (χ2n) is 5.36. The van der Waals surface area contributed by atoms with E-state index in [1.165, 1.54) is 5.56 Å². The summed E-state index contributed by atoms with van der Waals surface area (Å²) in [6.45, 7) is 16.6. The van der Waals surface area contributed by atoms with Gasteiger partial charge in [0.2, 0.25) is 0 Å². The van der Waals surface area contributed by atoms with Gasteiger partial charge in [0.15, 0.2) is 0 Å². The van der Waals surface area contributed by atoms with Crippen molar-refractivity contribution in [3.05, 3.63) is 67.0 Å². The molecular formula is C23H34O2W3. The number of carbonyl (C=O) groups excluding carboxylic acids is 1. The SMILES string of the molecule is C=[C-]c1ccc(C)cc1OCC.CC/C=C\C[C-]=O.C[CH-]C(C)[CH-]C.[W+2].[W+2].[W]. The van der Waals surface area contributed by atoms with Gasteiger partial charge in [0, 0.05) is 26.8 Å². The van der Waals surface area contributed by atoms with Crippen LogP contribution in [0.5, 0.6) is 5.75 Å². The van der Waals surface area contributed by atoms with Crippen molar-refractivity contribution in [1.29, 1.82) is 0 Å². The molecule has 0 heterocycles. The predicted molar refractivity (Wildman–Crippen MR) is 109 cm³/mol. The molecule has 0 aliphatic carbocycles. The van der Waals surface area contributed by atoms with Crippen LogP contribution in [0.3, 0.4) is 0 Å². The van der Waals surface area contributed by atoms with Crippen molar-refractivity contribution in [3.8, 4) is 5.75 Å². The Morgan fingerprint density at radius 1 is 1.18 bits per heavy atom. The standard InChI is InChI=1S/C11H13O.C6H9O.C6H12.3W/c1-4-10-7-6-9(3)8-11(10)12-5-2;1-2-3-4-5-6-7;1-4-6(3)5-2;;;/h6-8H,1,5H2,2-3H3;3-4H,2,5H2,1H3;4-6H,1-3H3;;;/q2*-1;-2;;2*+2/b;4-3-;;;;. The molecule has 0 unspecified atom stereocenters. The first-order valence-electron chi connectivity index (χ1n) is 8.85. The second-order valence-corrected chi connectivity index (χ2v) is 5.36. The van der Waals surface area contributed by atoms with Crippen LogP contribution in [0.15, 0.2) is 36.9 Å². The van der Waals surface area contributed by atoms with E-state index in [9.17, 15) is 4.79 Å². The Hall–Kier alpha value is 0.235. The largest absolute Gasteiger partial charge is 2.00 e. The van der Waals surface area contributed by atoms with Crippen LogP contribution in [0.25, 0.3) is 0 Å². The number of rotatable bonds is 8. The van der Waals surface area contributed by atoms with Crippen LogP contribution in [-0.2, 0) is 68.0 Å². The average Bonchev–Trinajstić information content (AvgIpc) is 2.63. The minimum atomic E-state index is 0. The molecule has 0 N–H and O–H groups in total. The first-order valence-corrected chi connectivity index (χ1v) is 8.85. The van der Waals surface area contributed by atoms with Crippen LogP contribution in [0.4, 0.5) is 0 Å².